The zero-order chi connectivity index (χ0) is 12.1. The van der Waals surface area contributed by atoms with Crippen molar-refractivity contribution in [1.82, 2.24) is 10.2 Å². The Hall–Kier alpha value is -1.61. The van der Waals surface area contributed by atoms with Gasteiger partial charge in [0.1, 0.15) is 0 Å². The van der Waals surface area contributed by atoms with E-state index in [1.54, 1.807) is 6.08 Å². The molecule has 1 aliphatic carbocycles. The standard InChI is InChI=1S/C14H16N2S/c1-2-3-5-10-13-11-15-14(17)16(13)12-8-6-4-7-9-12/h2-8,10,12H,1,9,11H2,(H,15,17)/b5-3-,13-10+. The summed E-state index contributed by atoms with van der Waals surface area (Å²) in [6.45, 7) is 4.46. The van der Waals surface area contributed by atoms with E-state index < -0.39 is 0 Å². The molecule has 1 unspecified atom stereocenters. The minimum Gasteiger partial charge on any atom is -0.357 e. The highest BCUT2D eigenvalue weighted by Crippen LogP contribution is 2.21. The molecule has 1 aliphatic heterocycles. The molecule has 17 heavy (non-hydrogen) atoms. The first-order valence-corrected chi connectivity index (χ1v) is 6.12. The first-order chi connectivity index (χ1) is 8.33. The SMILES string of the molecule is C=C/C=C\C=C1/CNC(=S)N1C1C=CC=CC1. The maximum Gasteiger partial charge on any atom is 0.174 e. The van der Waals surface area contributed by atoms with Crippen LogP contribution >= 0.6 is 12.2 Å². The lowest BCUT2D eigenvalue weighted by Crippen LogP contribution is -2.35. The Bertz CT molecular complexity index is 430. The minimum atomic E-state index is 0.339. The van der Waals surface area contributed by atoms with Crippen molar-refractivity contribution < 1.29 is 0 Å². The van der Waals surface area contributed by atoms with Crippen molar-refractivity contribution in [2.75, 3.05) is 6.54 Å². The highest BCUT2D eigenvalue weighted by molar-refractivity contribution is 7.80. The molecule has 0 aromatic heterocycles. The summed E-state index contributed by atoms with van der Waals surface area (Å²) in [5.74, 6) is 0. The lowest BCUT2D eigenvalue weighted by Gasteiger charge is -2.27. The highest BCUT2D eigenvalue weighted by Gasteiger charge is 2.27. The summed E-state index contributed by atoms with van der Waals surface area (Å²) in [6, 6.07) is 0.339. The van der Waals surface area contributed by atoms with E-state index in [0.717, 1.165) is 18.1 Å². The summed E-state index contributed by atoms with van der Waals surface area (Å²) in [4.78, 5) is 2.18. The van der Waals surface area contributed by atoms with Gasteiger partial charge in [0.2, 0.25) is 0 Å². The summed E-state index contributed by atoms with van der Waals surface area (Å²) < 4.78 is 0. The maximum absolute atomic E-state index is 5.35. The number of nitrogens with one attached hydrogen (secondary N) is 1. The Kier molecular flexibility index (Phi) is 3.94. The van der Waals surface area contributed by atoms with Crippen molar-refractivity contribution in [1.29, 1.82) is 0 Å². The maximum atomic E-state index is 5.35. The molecule has 2 nitrogen and oxygen atoms in total. The second-order valence-corrected chi connectivity index (χ2v) is 4.31. The molecule has 2 aliphatic rings. The monoisotopic (exact) mass is 244 g/mol. The fourth-order valence-corrected chi connectivity index (χ4v) is 2.30. The number of hydrogen-bond acceptors (Lipinski definition) is 1. The van der Waals surface area contributed by atoms with E-state index in [2.05, 4.69) is 47.2 Å². The number of thiocarbonyl (C=S) groups is 1. The molecule has 1 fully saturated rings. The zero-order valence-electron chi connectivity index (χ0n) is 9.67. The van der Waals surface area contributed by atoms with E-state index in [9.17, 15) is 0 Å². The molecular formula is C14H16N2S. The smallest absolute Gasteiger partial charge is 0.174 e. The Morgan fingerprint density at radius 2 is 2.29 bits per heavy atom. The molecule has 0 saturated carbocycles. The molecule has 0 amide bonds. The molecule has 0 spiro atoms. The summed E-state index contributed by atoms with van der Waals surface area (Å²) in [5.41, 5.74) is 1.21. The van der Waals surface area contributed by atoms with Gasteiger partial charge in [0.05, 0.1) is 12.6 Å². The molecule has 1 heterocycles. The van der Waals surface area contributed by atoms with Crippen LogP contribution in [0, 0.1) is 0 Å². The predicted octanol–water partition coefficient (Wildman–Crippen LogP) is 2.69. The van der Waals surface area contributed by atoms with E-state index in [4.69, 9.17) is 12.2 Å². The first kappa shape index (κ1) is 11.9. The van der Waals surface area contributed by atoms with E-state index in [1.165, 1.54) is 5.70 Å². The Morgan fingerprint density at radius 1 is 1.41 bits per heavy atom. The molecule has 0 aromatic carbocycles. The van der Waals surface area contributed by atoms with Crippen molar-refractivity contribution >= 4 is 17.3 Å². The Balaban J connectivity index is 2.16. The van der Waals surface area contributed by atoms with Crippen LogP contribution in [0.1, 0.15) is 6.42 Å². The third kappa shape index (κ3) is 2.74. The molecule has 3 heteroatoms. The van der Waals surface area contributed by atoms with Gasteiger partial charge in [-0.25, -0.2) is 0 Å². The summed E-state index contributed by atoms with van der Waals surface area (Å²) >= 11 is 5.35. The van der Waals surface area contributed by atoms with Crippen LogP contribution in [-0.2, 0) is 0 Å². The molecular weight excluding hydrogens is 228 g/mol. The fourth-order valence-electron chi connectivity index (χ4n) is 1.97. The van der Waals surface area contributed by atoms with Gasteiger partial charge in [-0.1, -0.05) is 49.1 Å². The fraction of sp³-hybridized carbons (Fsp3) is 0.214. The third-order valence-corrected chi connectivity index (χ3v) is 3.12. The molecule has 2 rings (SSSR count). The largest absolute Gasteiger partial charge is 0.357 e. The molecule has 0 radical (unpaired) electrons. The van der Waals surface area contributed by atoms with E-state index >= 15 is 0 Å². The van der Waals surface area contributed by atoms with Gasteiger partial charge in [0, 0.05) is 5.70 Å². The number of rotatable bonds is 3. The van der Waals surface area contributed by atoms with Gasteiger partial charge in [-0.2, -0.15) is 0 Å². The lowest BCUT2D eigenvalue weighted by atomic mass is 10.1. The van der Waals surface area contributed by atoms with Crippen LogP contribution in [0.4, 0.5) is 0 Å². The second kappa shape index (κ2) is 5.64. The van der Waals surface area contributed by atoms with Crippen LogP contribution < -0.4 is 5.32 Å². The predicted molar refractivity (Wildman–Crippen MR) is 76.5 cm³/mol. The Morgan fingerprint density at radius 3 is 3.00 bits per heavy atom. The highest BCUT2D eigenvalue weighted by atomic mass is 32.1. The average Bonchev–Trinajstić information content (AvgIpc) is 2.72. The van der Waals surface area contributed by atoms with E-state index in [-0.39, 0.29) is 0 Å². The molecule has 1 N–H and O–H groups in total. The molecule has 88 valence electrons. The second-order valence-electron chi connectivity index (χ2n) is 3.92. The number of nitrogens with zero attached hydrogens (tertiary/aromatic N) is 1. The van der Waals surface area contributed by atoms with Gasteiger partial charge in [-0.3, -0.25) is 0 Å². The van der Waals surface area contributed by atoms with E-state index in [1.807, 2.05) is 12.2 Å². The topological polar surface area (TPSA) is 15.3 Å². The molecule has 1 atom stereocenters. The van der Waals surface area contributed by atoms with Gasteiger partial charge >= 0.3 is 0 Å². The van der Waals surface area contributed by atoms with Crippen molar-refractivity contribution in [2.24, 2.45) is 0 Å². The summed E-state index contributed by atoms with van der Waals surface area (Å²) in [7, 11) is 0. The quantitative estimate of drug-likeness (QED) is 0.607. The van der Waals surface area contributed by atoms with Crippen LogP contribution in [-0.4, -0.2) is 22.6 Å². The first-order valence-electron chi connectivity index (χ1n) is 5.71. The normalized spacial score (nSPS) is 25.9. The van der Waals surface area contributed by atoms with Crippen molar-refractivity contribution in [3.63, 3.8) is 0 Å². The minimum absolute atomic E-state index is 0.339. The van der Waals surface area contributed by atoms with Crippen molar-refractivity contribution in [2.45, 2.75) is 12.5 Å². The lowest BCUT2D eigenvalue weighted by molar-refractivity contribution is 0.455. The van der Waals surface area contributed by atoms with Gasteiger partial charge in [0.25, 0.3) is 0 Å². The zero-order valence-corrected chi connectivity index (χ0v) is 10.5. The van der Waals surface area contributed by atoms with Gasteiger partial charge in [-0.15, -0.1) is 0 Å². The average molecular weight is 244 g/mol. The molecule has 1 saturated heterocycles. The van der Waals surface area contributed by atoms with Crippen LogP contribution in [0.2, 0.25) is 0 Å². The van der Waals surface area contributed by atoms with Gasteiger partial charge in [0.15, 0.2) is 5.11 Å². The van der Waals surface area contributed by atoms with Crippen LogP contribution in [0.5, 0.6) is 0 Å². The summed E-state index contributed by atoms with van der Waals surface area (Å²) in [6.07, 6.45) is 17.3. The summed E-state index contributed by atoms with van der Waals surface area (Å²) in [5, 5.41) is 4.03. The van der Waals surface area contributed by atoms with Crippen LogP contribution in [0.15, 0.2) is 60.9 Å². The van der Waals surface area contributed by atoms with Crippen molar-refractivity contribution in [3.8, 4) is 0 Å². The third-order valence-electron chi connectivity index (χ3n) is 2.77. The van der Waals surface area contributed by atoms with Crippen molar-refractivity contribution in [3.05, 3.63) is 60.9 Å². The van der Waals surface area contributed by atoms with E-state index in [0.29, 0.717) is 6.04 Å². The van der Waals surface area contributed by atoms with Crippen LogP contribution in [0.25, 0.3) is 0 Å². The van der Waals surface area contributed by atoms with Crippen LogP contribution in [0.3, 0.4) is 0 Å². The van der Waals surface area contributed by atoms with Gasteiger partial charge < -0.3 is 10.2 Å². The Labute approximate surface area is 108 Å². The number of allylic oxidation sites excluding steroid dienone is 6. The number of hydrogen-bond donors (Lipinski definition) is 1. The molecule has 0 bridgehead atoms. The van der Waals surface area contributed by atoms with Gasteiger partial charge in [-0.05, 0) is 24.7 Å². The molecule has 0 aromatic rings.